The second kappa shape index (κ2) is 6.47. The summed E-state index contributed by atoms with van der Waals surface area (Å²) in [5.74, 6) is -2.05. The van der Waals surface area contributed by atoms with E-state index < -0.39 is 29.9 Å². The molecular weight excluding hydrogens is 279 g/mol. The molecule has 0 aliphatic heterocycles. The van der Waals surface area contributed by atoms with Gasteiger partial charge in [-0.15, -0.1) is 0 Å². The molecule has 1 aromatic carbocycles. The van der Waals surface area contributed by atoms with Crippen molar-refractivity contribution in [2.24, 2.45) is 0 Å². The number of aromatic nitrogens is 1. The van der Waals surface area contributed by atoms with Crippen molar-refractivity contribution >= 4 is 17.6 Å². The molecule has 0 aliphatic carbocycles. The first-order valence-corrected chi connectivity index (χ1v) is 5.96. The number of benzene rings is 1. The molecule has 0 saturated heterocycles. The maximum atomic E-state index is 12.9. The van der Waals surface area contributed by atoms with Crippen molar-refractivity contribution in [2.45, 2.75) is 0 Å². The van der Waals surface area contributed by atoms with Crippen molar-refractivity contribution in [1.29, 1.82) is 0 Å². The first-order valence-electron chi connectivity index (χ1n) is 5.96. The quantitative estimate of drug-likeness (QED) is 0.831. The Kier molecular flexibility index (Phi) is 4.45. The minimum Gasteiger partial charge on any atom is -0.452 e. The van der Waals surface area contributed by atoms with Crippen molar-refractivity contribution in [3.8, 4) is 0 Å². The van der Waals surface area contributed by atoms with Gasteiger partial charge >= 0.3 is 5.97 Å². The third-order valence-corrected chi connectivity index (χ3v) is 2.48. The van der Waals surface area contributed by atoms with Gasteiger partial charge in [0.15, 0.2) is 6.61 Å². The number of ether oxygens (including phenoxy) is 1. The van der Waals surface area contributed by atoms with Gasteiger partial charge in [-0.1, -0.05) is 6.07 Å². The SMILES string of the molecule is O=C(COC(=O)c1ccc[nH]c1=O)Nc1cccc(F)c1. The molecule has 0 radical (unpaired) electrons. The number of hydrogen-bond acceptors (Lipinski definition) is 4. The molecule has 1 amide bonds. The van der Waals surface area contributed by atoms with Crippen LogP contribution in [0.15, 0.2) is 47.4 Å². The Bertz CT molecular complexity index is 727. The van der Waals surface area contributed by atoms with Crippen LogP contribution in [0.1, 0.15) is 10.4 Å². The summed E-state index contributed by atoms with van der Waals surface area (Å²) in [6.45, 7) is -0.580. The Balaban J connectivity index is 1.91. The highest BCUT2D eigenvalue weighted by Gasteiger charge is 2.13. The number of carbonyl (C=O) groups excluding carboxylic acids is 2. The monoisotopic (exact) mass is 290 g/mol. The summed E-state index contributed by atoms with van der Waals surface area (Å²) in [6.07, 6.45) is 1.37. The Morgan fingerprint density at radius 1 is 1.24 bits per heavy atom. The molecule has 0 unspecified atom stereocenters. The number of hydrogen-bond donors (Lipinski definition) is 2. The molecule has 2 N–H and O–H groups in total. The maximum absolute atomic E-state index is 12.9. The average Bonchev–Trinajstić information content (AvgIpc) is 2.45. The van der Waals surface area contributed by atoms with E-state index in [0.717, 1.165) is 6.07 Å². The normalized spacial score (nSPS) is 9.95. The van der Waals surface area contributed by atoms with Gasteiger partial charge in [-0.2, -0.15) is 0 Å². The number of pyridine rings is 1. The molecule has 2 aromatic rings. The minimum absolute atomic E-state index is 0.198. The van der Waals surface area contributed by atoms with Crippen molar-refractivity contribution in [1.82, 2.24) is 4.98 Å². The van der Waals surface area contributed by atoms with Crippen LogP contribution in [0.25, 0.3) is 0 Å². The number of carbonyl (C=O) groups is 2. The van der Waals surface area contributed by atoms with E-state index in [1.165, 1.54) is 36.5 Å². The third kappa shape index (κ3) is 4.00. The molecule has 1 heterocycles. The van der Waals surface area contributed by atoms with Gasteiger partial charge in [0.1, 0.15) is 11.4 Å². The number of halogens is 1. The van der Waals surface area contributed by atoms with Crippen molar-refractivity contribution in [3.05, 3.63) is 64.3 Å². The Labute approximate surface area is 118 Å². The first-order chi connectivity index (χ1) is 10.1. The van der Waals surface area contributed by atoms with Crippen LogP contribution in [0, 0.1) is 5.82 Å². The van der Waals surface area contributed by atoms with Gasteiger partial charge in [0, 0.05) is 11.9 Å². The lowest BCUT2D eigenvalue weighted by Crippen LogP contribution is -2.24. The number of H-pyrrole nitrogens is 1. The number of anilines is 1. The lowest BCUT2D eigenvalue weighted by atomic mass is 10.3. The second-order valence-corrected chi connectivity index (χ2v) is 4.05. The van der Waals surface area contributed by atoms with E-state index in [2.05, 4.69) is 10.3 Å². The summed E-state index contributed by atoms with van der Waals surface area (Å²) >= 11 is 0. The first kappa shape index (κ1) is 14.4. The van der Waals surface area contributed by atoms with Gasteiger partial charge in [0.25, 0.3) is 11.5 Å². The van der Waals surface area contributed by atoms with E-state index in [1.807, 2.05) is 0 Å². The van der Waals surface area contributed by atoms with E-state index in [-0.39, 0.29) is 11.3 Å². The summed E-state index contributed by atoms with van der Waals surface area (Å²) in [5.41, 5.74) is -0.558. The number of nitrogens with one attached hydrogen (secondary N) is 2. The van der Waals surface area contributed by atoms with E-state index in [1.54, 1.807) is 0 Å². The van der Waals surface area contributed by atoms with Gasteiger partial charge in [-0.05, 0) is 30.3 Å². The lowest BCUT2D eigenvalue weighted by Gasteiger charge is -2.06. The molecule has 0 fully saturated rings. The van der Waals surface area contributed by atoms with Crippen LogP contribution in [0.5, 0.6) is 0 Å². The molecule has 0 spiro atoms. The Morgan fingerprint density at radius 3 is 2.76 bits per heavy atom. The third-order valence-electron chi connectivity index (χ3n) is 2.48. The van der Waals surface area contributed by atoms with E-state index in [0.29, 0.717) is 0 Å². The highest BCUT2D eigenvalue weighted by Crippen LogP contribution is 2.08. The Hall–Kier alpha value is -2.96. The fraction of sp³-hybridized carbons (Fsp3) is 0.0714. The molecule has 6 nitrogen and oxygen atoms in total. The fourth-order valence-electron chi connectivity index (χ4n) is 1.55. The zero-order chi connectivity index (χ0) is 15.2. The zero-order valence-electron chi connectivity index (χ0n) is 10.8. The Morgan fingerprint density at radius 2 is 2.05 bits per heavy atom. The van der Waals surface area contributed by atoms with Crippen molar-refractivity contribution in [2.75, 3.05) is 11.9 Å². The molecule has 7 heteroatoms. The van der Waals surface area contributed by atoms with Gasteiger partial charge in [-0.25, -0.2) is 9.18 Å². The topological polar surface area (TPSA) is 88.3 Å². The molecule has 0 saturated carbocycles. The van der Waals surface area contributed by atoms with E-state index >= 15 is 0 Å². The minimum atomic E-state index is -0.911. The maximum Gasteiger partial charge on any atom is 0.344 e. The highest BCUT2D eigenvalue weighted by molar-refractivity contribution is 5.95. The van der Waals surface area contributed by atoms with Crippen LogP contribution in [-0.2, 0) is 9.53 Å². The largest absolute Gasteiger partial charge is 0.452 e. The molecular formula is C14H11FN2O4. The average molecular weight is 290 g/mol. The number of rotatable bonds is 4. The molecule has 21 heavy (non-hydrogen) atoms. The zero-order valence-corrected chi connectivity index (χ0v) is 10.8. The van der Waals surface area contributed by atoms with Crippen LogP contribution < -0.4 is 10.9 Å². The van der Waals surface area contributed by atoms with E-state index in [4.69, 9.17) is 4.74 Å². The molecule has 108 valence electrons. The second-order valence-electron chi connectivity index (χ2n) is 4.05. The number of aromatic amines is 1. The van der Waals surface area contributed by atoms with Crippen LogP contribution in [0.4, 0.5) is 10.1 Å². The fourth-order valence-corrected chi connectivity index (χ4v) is 1.55. The molecule has 0 bridgehead atoms. The predicted molar refractivity (Wildman–Crippen MR) is 72.4 cm³/mol. The summed E-state index contributed by atoms with van der Waals surface area (Å²) < 4.78 is 17.6. The smallest absolute Gasteiger partial charge is 0.344 e. The summed E-state index contributed by atoms with van der Waals surface area (Å²) in [6, 6.07) is 8.03. The van der Waals surface area contributed by atoms with Gasteiger partial charge in [0.05, 0.1) is 0 Å². The number of amides is 1. The molecule has 0 aliphatic rings. The van der Waals surface area contributed by atoms with Crippen LogP contribution in [-0.4, -0.2) is 23.5 Å². The van der Waals surface area contributed by atoms with Crippen LogP contribution in [0.3, 0.4) is 0 Å². The summed E-state index contributed by atoms with van der Waals surface area (Å²) in [5, 5.41) is 2.36. The molecule has 2 rings (SSSR count). The number of esters is 1. The van der Waals surface area contributed by atoms with Gasteiger partial charge < -0.3 is 15.0 Å². The highest BCUT2D eigenvalue weighted by atomic mass is 19.1. The van der Waals surface area contributed by atoms with Crippen LogP contribution >= 0.6 is 0 Å². The van der Waals surface area contributed by atoms with Gasteiger partial charge in [-0.3, -0.25) is 9.59 Å². The predicted octanol–water partition coefficient (Wildman–Crippen LogP) is 1.31. The summed E-state index contributed by atoms with van der Waals surface area (Å²) in [4.78, 5) is 36.8. The van der Waals surface area contributed by atoms with Crippen LogP contribution in [0.2, 0.25) is 0 Å². The summed E-state index contributed by atoms with van der Waals surface area (Å²) in [7, 11) is 0. The molecule has 1 aromatic heterocycles. The van der Waals surface area contributed by atoms with Crippen molar-refractivity contribution in [3.63, 3.8) is 0 Å². The van der Waals surface area contributed by atoms with Gasteiger partial charge in [0.2, 0.25) is 0 Å². The standard InChI is InChI=1S/C14H11FN2O4/c15-9-3-1-4-10(7-9)17-12(18)8-21-14(20)11-5-2-6-16-13(11)19/h1-7H,8H2,(H,16,19)(H,17,18). The molecule has 0 atom stereocenters. The van der Waals surface area contributed by atoms with E-state index in [9.17, 15) is 18.8 Å². The van der Waals surface area contributed by atoms with Crippen molar-refractivity contribution < 1.29 is 18.7 Å². The lowest BCUT2D eigenvalue weighted by molar-refractivity contribution is -0.119.